The molecule has 34 heavy (non-hydrogen) atoms. The smallest absolute Gasteiger partial charge is 0.407 e. The van der Waals surface area contributed by atoms with Gasteiger partial charge in [-0.3, -0.25) is 9.59 Å². The van der Waals surface area contributed by atoms with Crippen LogP contribution < -0.4 is 10.6 Å². The van der Waals surface area contributed by atoms with Gasteiger partial charge in [0.1, 0.15) is 6.61 Å². The van der Waals surface area contributed by atoms with Crippen molar-refractivity contribution in [1.29, 1.82) is 0 Å². The number of amides is 2. The van der Waals surface area contributed by atoms with Crippen molar-refractivity contribution < 1.29 is 24.2 Å². The van der Waals surface area contributed by atoms with Crippen molar-refractivity contribution in [1.82, 2.24) is 10.6 Å². The molecule has 3 unspecified atom stereocenters. The molecule has 0 bridgehead atoms. The fourth-order valence-corrected chi connectivity index (χ4v) is 5.26. The van der Waals surface area contributed by atoms with E-state index in [4.69, 9.17) is 4.74 Å². The van der Waals surface area contributed by atoms with Gasteiger partial charge in [-0.2, -0.15) is 0 Å². The van der Waals surface area contributed by atoms with Crippen molar-refractivity contribution in [3.63, 3.8) is 0 Å². The van der Waals surface area contributed by atoms with Crippen LogP contribution in [0.3, 0.4) is 0 Å². The summed E-state index contributed by atoms with van der Waals surface area (Å²) in [7, 11) is 0. The van der Waals surface area contributed by atoms with E-state index in [1.165, 1.54) is 0 Å². The first-order valence-corrected chi connectivity index (χ1v) is 11.9. The quantitative estimate of drug-likeness (QED) is 0.566. The Bertz CT molecular complexity index is 1040. The Kier molecular flexibility index (Phi) is 6.91. The van der Waals surface area contributed by atoms with Crippen molar-refractivity contribution in [2.24, 2.45) is 11.8 Å². The molecule has 0 aliphatic heterocycles. The highest BCUT2D eigenvalue weighted by atomic mass is 16.5. The molecule has 0 spiro atoms. The zero-order valence-corrected chi connectivity index (χ0v) is 19.7. The molecule has 180 valence electrons. The number of benzene rings is 2. The second-order valence-corrected chi connectivity index (χ2v) is 9.65. The van der Waals surface area contributed by atoms with Crippen LogP contribution in [0.5, 0.6) is 0 Å². The van der Waals surface area contributed by atoms with E-state index >= 15 is 0 Å². The monoisotopic (exact) mass is 464 g/mol. The molecule has 7 heteroatoms. The van der Waals surface area contributed by atoms with Crippen LogP contribution in [0, 0.1) is 11.8 Å². The predicted molar refractivity (Wildman–Crippen MR) is 128 cm³/mol. The fraction of sp³-hybridized carbons (Fsp3) is 0.444. The van der Waals surface area contributed by atoms with E-state index in [2.05, 4.69) is 34.9 Å². The van der Waals surface area contributed by atoms with E-state index in [0.29, 0.717) is 12.8 Å². The Morgan fingerprint density at radius 3 is 2.29 bits per heavy atom. The van der Waals surface area contributed by atoms with Gasteiger partial charge >= 0.3 is 12.1 Å². The molecule has 1 saturated carbocycles. The summed E-state index contributed by atoms with van der Waals surface area (Å²) in [6.07, 6.45) is 2.34. The number of carboxylic acid groups (broad SMARTS) is 1. The molecule has 0 radical (unpaired) electrons. The maximum atomic E-state index is 12.7. The first kappa shape index (κ1) is 23.8. The zero-order chi connectivity index (χ0) is 24.3. The highest BCUT2D eigenvalue weighted by Gasteiger charge is 2.42. The summed E-state index contributed by atoms with van der Waals surface area (Å²) in [5, 5.41) is 15.2. The van der Waals surface area contributed by atoms with E-state index in [1.54, 1.807) is 13.8 Å². The summed E-state index contributed by atoms with van der Waals surface area (Å²) in [6, 6.07) is 16.3. The highest BCUT2D eigenvalue weighted by molar-refractivity contribution is 5.82. The summed E-state index contributed by atoms with van der Waals surface area (Å²) in [4.78, 5) is 36.8. The van der Waals surface area contributed by atoms with Crippen molar-refractivity contribution >= 4 is 18.0 Å². The van der Waals surface area contributed by atoms with Crippen LogP contribution in [0.4, 0.5) is 4.79 Å². The van der Waals surface area contributed by atoms with Gasteiger partial charge in [-0.25, -0.2) is 4.79 Å². The maximum Gasteiger partial charge on any atom is 0.407 e. The molecule has 0 heterocycles. The Balaban J connectivity index is 1.30. The number of hydrogen-bond acceptors (Lipinski definition) is 4. The molecule has 2 amide bonds. The SMILES string of the molecule is CC(CNC(=O)OCC1c2ccccc2-c2ccccc21)C(=O)NC1(C)CCCCC1C(=O)O. The lowest BCUT2D eigenvalue weighted by atomic mass is 9.73. The average molecular weight is 465 g/mol. The van der Waals surface area contributed by atoms with Crippen LogP contribution in [-0.4, -0.2) is 41.8 Å². The number of rotatable bonds is 7. The average Bonchev–Trinajstić information content (AvgIpc) is 3.14. The molecule has 1 fully saturated rings. The first-order valence-electron chi connectivity index (χ1n) is 11.9. The molecule has 3 N–H and O–H groups in total. The predicted octanol–water partition coefficient (Wildman–Crippen LogP) is 4.31. The van der Waals surface area contributed by atoms with Crippen LogP contribution in [-0.2, 0) is 14.3 Å². The Morgan fingerprint density at radius 2 is 1.68 bits per heavy atom. The molecule has 2 aromatic rings. The molecule has 4 rings (SSSR count). The van der Waals surface area contributed by atoms with E-state index in [9.17, 15) is 19.5 Å². The normalized spacial score (nSPS) is 22.2. The largest absolute Gasteiger partial charge is 0.481 e. The number of alkyl carbamates (subject to hydrolysis) is 1. The fourth-order valence-electron chi connectivity index (χ4n) is 5.26. The maximum absolute atomic E-state index is 12.7. The number of carbonyl (C=O) groups excluding carboxylic acids is 2. The minimum absolute atomic E-state index is 0.0296. The molecular formula is C27H32N2O5. The number of aliphatic carboxylic acids is 1. The van der Waals surface area contributed by atoms with Crippen molar-refractivity contribution in [3.8, 4) is 11.1 Å². The highest BCUT2D eigenvalue weighted by Crippen LogP contribution is 2.44. The van der Waals surface area contributed by atoms with Crippen LogP contribution in [0.1, 0.15) is 56.6 Å². The van der Waals surface area contributed by atoms with Crippen molar-refractivity contribution in [2.45, 2.75) is 51.0 Å². The molecule has 0 aromatic heterocycles. The van der Waals surface area contributed by atoms with Gasteiger partial charge < -0.3 is 20.5 Å². The second-order valence-electron chi connectivity index (χ2n) is 9.65. The third kappa shape index (κ3) is 4.79. The van der Waals surface area contributed by atoms with E-state index in [-0.39, 0.29) is 25.0 Å². The Labute approximate surface area is 199 Å². The lowest BCUT2D eigenvalue weighted by Crippen LogP contribution is -2.57. The summed E-state index contributed by atoms with van der Waals surface area (Å²) in [6.45, 7) is 3.82. The van der Waals surface area contributed by atoms with Gasteiger partial charge in [0.25, 0.3) is 0 Å². The Morgan fingerprint density at radius 1 is 1.06 bits per heavy atom. The van der Waals surface area contributed by atoms with Crippen molar-refractivity contribution in [3.05, 3.63) is 59.7 Å². The van der Waals surface area contributed by atoms with Gasteiger partial charge in [-0.1, -0.05) is 68.3 Å². The van der Waals surface area contributed by atoms with Crippen molar-refractivity contribution in [2.75, 3.05) is 13.2 Å². The minimum Gasteiger partial charge on any atom is -0.481 e. The number of hydrogen-bond donors (Lipinski definition) is 3. The standard InChI is InChI=1S/C27H32N2O5/c1-17(24(30)29-27(2)14-8-7-13-23(27)25(31)32)15-28-26(33)34-16-22-20-11-5-3-9-18(20)19-10-4-6-12-21(19)22/h3-6,9-12,17,22-23H,7-8,13-16H2,1-2H3,(H,28,33)(H,29,30)(H,31,32). The van der Waals surface area contributed by atoms with Gasteiger partial charge in [0.2, 0.25) is 5.91 Å². The van der Waals surface area contributed by atoms with Gasteiger partial charge in [0.05, 0.1) is 17.4 Å². The van der Waals surface area contributed by atoms with E-state index in [1.807, 2.05) is 24.3 Å². The molecule has 2 aliphatic rings. The van der Waals surface area contributed by atoms with Gasteiger partial charge in [-0.15, -0.1) is 0 Å². The number of nitrogens with one attached hydrogen (secondary N) is 2. The van der Waals surface area contributed by atoms with Crippen LogP contribution >= 0.6 is 0 Å². The molecule has 2 aliphatic carbocycles. The van der Waals surface area contributed by atoms with Gasteiger partial charge in [-0.05, 0) is 42.0 Å². The molecule has 2 aromatic carbocycles. The molecule has 7 nitrogen and oxygen atoms in total. The summed E-state index contributed by atoms with van der Waals surface area (Å²) in [5.41, 5.74) is 3.82. The summed E-state index contributed by atoms with van der Waals surface area (Å²) < 4.78 is 5.53. The zero-order valence-electron chi connectivity index (χ0n) is 19.7. The third-order valence-corrected chi connectivity index (χ3v) is 7.26. The van der Waals surface area contributed by atoms with E-state index < -0.39 is 29.4 Å². The first-order chi connectivity index (χ1) is 16.3. The van der Waals surface area contributed by atoms with Gasteiger partial charge in [0, 0.05) is 12.5 Å². The lowest BCUT2D eigenvalue weighted by molar-refractivity contribution is -0.147. The second kappa shape index (κ2) is 9.87. The number of fused-ring (bicyclic) bond motifs is 3. The number of carboxylic acids is 1. The number of ether oxygens (including phenoxy) is 1. The summed E-state index contributed by atoms with van der Waals surface area (Å²) in [5.74, 6) is -2.30. The van der Waals surface area contributed by atoms with Crippen LogP contribution in [0.25, 0.3) is 11.1 Å². The van der Waals surface area contributed by atoms with Crippen LogP contribution in [0.15, 0.2) is 48.5 Å². The van der Waals surface area contributed by atoms with Crippen LogP contribution in [0.2, 0.25) is 0 Å². The molecular weight excluding hydrogens is 432 g/mol. The van der Waals surface area contributed by atoms with Gasteiger partial charge in [0.15, 0.2) is 0 Å². The topological polar surface area (TPSA) is 105 Å². The third-order valence-electron chi connectivity index (χ3n) is 7.26. The minimum atomic E-state index is -0.882. The Hall–Kier alpha value is -3.35. The summed E-state index contributed by atoms with van der Waals surface area (Å²) >= 11 is 0. The molecule has 0 saturated heterocycles. The molecule has 3 atom stereocenters. The lowest BCUT2D eigenvalue weighted by Gasteiger charge is -2.40. The van der Waals surface area contributed by atoms with E-state index in [0.717, 1.165) is 35.1 Å². The number of carbonyl (C=O) groups is 3.